The van der Waals surface area contributed by atoms with Gasteiger partial charge in [-0.3, -0.25) is 4.79 Å². The van der Waals surface area contributed by atoms with Crippen molar-refractivity contribution in [2.75, 3.05) is 0 Å². The molecule has 2 nitrogen and oxygen atoms in total. The average Bonchev–Trinajstić information content (AvgIpc) is 2.07. The van der Waals surface area contributed by atoms with E-state index in [0.29, 0.717) is 6.07 Å². The van der Waals surface area contributed by atoms with E-state index < -0.39 is 34.9 Å². The molecule has 1 rings (SSSR count). The largest absolute Gasteiger partial charge is 0.508 e. The van der Waals surface area contributed by atoms with Crippen LogP contribution in [0.5, 0.6) is 5.75 Å². The van der Waals surface area contributed by atoms with Gasteiger partial charge >= 0.3 is 0 Å². The van der Waals surface area contributed by atoms with Gasteiger partial charge in [-0.2, -0.15) is 0 Å². The molecule has 0 aliphatic heterocycles. The molecule has 1 N–H and O–H groups in total. The van der Waals surface area contributed by atoms with Crippen LogP contribution < -0.4 is 0 Å². The number of rotatable bonds is 2. The van der Waals surface area contributed by atoms with Crippen LogP contribution in [0.2, 0.25) is 0 Å². The maximum atomic E-state index is 13.1. The van der Waals surface area contributed by atoms with E-state index >= 15 is 0 Å². The van der Waals surface area contributed by atoms with Crippen LogP contribution >= 0.6 is 0 Å². The van der Waals surface area contributed by atoms with Crippen LogP contribution in [-0.4, -0.2) is 10.9 Å². The number of hydrogen-bond donors (Lipinski definition) is 1. The van der Waals surface area contributed by atoms with Crippen LogP contribution in [-0.2, 0) is 0 Å². The van der Waals surface area contributed by atoms with Crippen molar-refractivity contribution < 1.29 is 23.1 Å². The fourth-order valence-electron chi connectivity index (χ4n) is 1.05. The Bertz CT molecular complexity index is 375. The van der Waals surface area contributed by atoms with Gasteiger partial charge in [-0.25, -0.2) is 13.2 Å². The first-order valence-corrected chi connectivity index (χ1v) is 3.75. The van der Waals surface area contributed by atoms with Crippen LogP contribution in [0, 0.1) is 5.82 Å². The Morgan fingerprint density at radius 3 is 2.43 bits per heavy atom. The molecule has 1 aromatic carbocycles. The topological polar surface area (TPSA) is 37.3 Å². The van der Waals surface area contributed by atoms with E-state index in [1.165, 1.54) is 0 Å². The molecule has 0 heterocycles. The zero-order valence-corrected chi connectivity index (χ0v) is 7.22. The second kappa shape index (κ2) is 3.69. The third kappa shape index (κ3) is 1.86. The zero-order chi connectivity index (χ0) is 10.9. The summed E-state index contributed by atoms with van der Waals surface area (Å²) in [6.45, 7) is 1.03. The van der Waals surface area contributed by atoms with Crippen LogP contribution in [0.3, 0.4) is 0 Å². The van der Waals surface area contributed by atoms with Crippen LogP contribution in [0.1, 0.15) is 29.3 Å². The molecule has 76 valence electrons. The lowest BCUT2D eigenvalue weighted by atomic mass is 10.1. The average molecular weight is 204 g/mol. The Hall–Kier alpha value is -1.52. The summed E-state index contributed by atoms with van der Waals surface area (Å²) in [5, 5.41) is 8.96. The second-order valence-electron chi connectivity index (χ2n) is 2.75. The van der Waals surface area contributed by atoms with Crippen molar-refractivity contribution in [3.63, 3.8) is 0 Å². The van der Waals surface area contributed by atoms with Gasteiger partial charge < -0.3 is 5.11 Å². The number of carbonyl (C=O) groups is 1. The minimum Gasteiger partial charge on any atom is -0.508 e. The van der Waals surface area contributed by atoms with Gasteiger partial charge in [0.1, 0.15) is 11.6 Å². The molecule has 0 bridgehead atoms. The van der Waals surface area contributed by atoms with Crippen molar-refractivity contribution >= 4 is 5.78 Å². The quantitative estimate of drug-likeness (QED) is 0.752. The first kappa shape index (κ1) is 10.6. The maximum absolute atomic E-state index is 13.1. The molecule has 1 aromatic rings. The summed E-state index contributed by atoms with van der Waals surface area (Å²) in [7, 11) is 0. The number of carbonyl (C=O) groups excluding carboxylic acids is 1. The molecule has 0 amide bonds. The molecule has 0 aliphatic carbocycles. The molecule has 0 fully saturated rings. The fraction of sp³-hybridized carbons (Fsp3) is 0.222. The van der Waals surface area contributed by atoms with E-state index in [9.17, 15) is 18.0 Å². The van der Waals surface area contributed by atoms with Gasteiger partial charge in [-0.1, -0.05) is 0 Å². The van der Waals surface area contributed by atoms with Crippen LogP contribution in [0.25, 0.3) is 0 Å². The molecule has 0 atom stereocenters. The highest BCUT2D eigenvalue weighted by molar-refractivity contribution is 5.95. The maximum Gasteiger partial charge on any atom is 0.266 e. The summed E-state index contributed by atoms with van der Waals surface area (Å²) in [6, 6.07) is 1.43. The highest BCUT2D eigenvalue weighted by atomic mass is 19.3. The minimum absolute atomic E-state index is 0.527. The number of Topliss-reactive ketones (excluding diaryl/α,β-unsaturated/α-hetero) is 1. The summed E-state index contributed by atoms with van der Waals surface area (Å²) in [6.07, 6.45) is -3.06. The van der Waals surface area contributed by atoms with Crippen molar-refractivity contribution in [3.8, 4) is 5.75 Å². The molecule has 0 radical (unpaired) electrons. The van der Waals surface area contributed by atoms with Gasteiger partial charge in [0.05, 0.1) is 11.1 Å². The highest BCUT2D eigenvalue weighted by Gasteiger charge is 2.19. The van der Waals surface area contributed by atoms with Crippen molar-refractivity contribution in [1.82, 2.24) is 0 Å². The van der Waals surface area contributed by atoms with Gasteiger partial charge in [0.2, 0.25) is 0 Å². The molecule has 5 heteroatoms. The van der Waals surface area contributed by atoms with E-state index in [2.05, 4.69) is 0 Å². The first-order valence-electron chi connectivity index (χ1n) is 3.75. The van der Waals surface area contributed by atoms with Gasteiger partial charge in [0, 0.05) is 0 Å². The number of aromatic hydroxyl groups is 1. The highest BCUT2D eigenvalue weighted by Crippen LogP contribution is 2.28. The Balaban J connectivity index is 3.40. The van der Waals surface area contributed by atoms with Crippen molar-refractivity contribution in [3.05, 3.63) is 29.1 Å². The minimum atomic E-state index is -3.06. The van der Waals surface area contributed by atoms with E-state index in [1.807, 2.05) is 0 Å². The lowest BCUT2D eigenvalue weighted by molar-refractivity contribution is 0.101. The number of halogens is 3. The van der Waals surface area contributed by atoms with E-state index in [-0.39, 0.29) is 0 Å². The van der Waals surface area contributed by atoms with Crippen molar-refractivity contribution in [2.45, 2.75) is 13.3 Å². The second-order valence-corrected chi connectivity index (χ2v) is 2.75. The summed E-state index contributed by atoms with van der Waals surface area (Å²) >= 11 is 0. The Kier molecular flexibility index (Phi) is 2.78. The zero-order valence-electron chi connectivity index (χ0n) is 7.22. The normalized spacial score (nSPS) is 10.6. The Morgan fingerprint density at radius 2 is 2.00 bits per heavy atom. The monoisotopic (exact) mass is 204 g/mol. The molecule has 14 heavy (non-hydrogen) atoms. The lowest BCUT2D eigenvalue weighted by Gasteiger charge is -2.06. The summed E-state index contributed by atoms with van der Waals surface area (Å²) < 4.78 is 37.5. The molecule has 0 aliphatic rings. The SMILES string of the molecule is CC(=O)c1cc(O)cc(C(F)F)c1F. The lowest BCUT2D eigenvalue weighted by Crippen LogP contribution is -2.01. The molecular weight excluding hydrogens is 197 g/mol. The van der Waals surface area contributed by atoms with E-state index in [1.54, 1.807) is 0 Å². The van der Waals surface area contributed by atoms with Crippen LogP contribution in [0.4, 0.5) is 13.2 Å². The smallest absolute Gasteiger partial charge is 0.266 e. The number of benzene rings is 1. The third-order valence-corrected chi connectivity index (χ3v) is 1.70. The van der Waals surface area contributed by atoms with Gasteiger partial charge in [-0.15, -0.1) is 0 Å². The number of phenols is 1. The molecule has 0 saturated heterocycles. The third-order valence-electron chi connectivity index (χ3n) is 1.70. The standard InChI is InChI=1S/C9H7F3O2/c1-4(13)6-2-5(14)3-7(8(6)10)9(11)12/h2-3,9,14H,1H3. The van der Waals surface area contributed by atoms with Crippen molar-refractivity contribution in [2.24, 2.45) is 0 Å². The molecular formula is C9H7F3O2. The molecule has 0 saturated carbocycles. The van der Waals surface area contributed by atoms with E-state index in [4.69, 9.17) is 5.11 Å². The summed E-state index contributed by atoms with van der Waals surface area (Å²) in [5.41, 5.74) is -1.49. The number of phenolic OH excluding ortho intramolecular Hbond substituents is 1. The molecule has 0 aromatic heterocycles. The van der Waals surface area contributed by atoms with Gasteiger partial charge in [-0.05, 0) is 19.1 Å². The molecule has 0 unspecified atom stereocenters. The van der Waals surface area contributed by atoms with E-state index in [0.717, 1.165) is 13.0 Å². The molecule has 0 spiro atoms. The predicted octanol–water partition coefficient (Wildman–Crippen LogP) is 2.67. The number of hydrogen-bond acceptors (Lipinski definition) is 2. The fourth-order valence-corrected chi connectivity index (χ4v) is 1.05. The van der Waals surface area contributed by atoms with Crippen molar-refractivity contribution in [1.29, 1.82) is 0 Å². The number of alkyl halides is 2. The predicted molar refractivity (Wildman–Crippen MR) is 43.0 cm³/mol. The van der Waals surface area contributed by atoms with Gasteiger partial charge in [0.25, 0.3) is 6.43 Å². The summed E-state index contributed by atoms with van der Waals surface area (Å²) in [4.78, 5) is 10.8. The Labute approximate surface area is 78.0 Å². The first-order chi connectivity index (χ1) is 6.43. The number of ketones is 1. The Morgan fingerprint density at radius 1 is 1.43 bits per heavy atom. The summed E-state index contributed by atoms with van der Waals surface area (Å²) in [5.74, 6) is -2.53. The van der Waals surface area contributed by atoms with Crippen LogP contribution in [0.15, 0.2) is 12.1 Å². The van der Waals surface area contributed by atoms with Gasteiger partial charge in [0.15, 0.2) is 5.78 Å².